The van der Waals surface area contributed by atoms with Gasteiger partial charge in [0.1, 0.15) is 0 Å². The first-order valence-electron chi connectivity index (χ1n) is 9.78. The molecule has 130 valence electrons. The van der Waals surface area contributed by atoms with Crippen LogP contribution < -0.4 is 0 Å². The lowest BCUT2D eigenvalue weighted by Gasteiger charge is -2.60. The first-order valence-corrected chi connectivity index (χ1v) is 9.78. The zero-order valence-electron chi connectivity index (χ0n) is 15.3. The van der Waals surface area contributed by atoms with Crippen molar-refractivity contribution in [2.75, 3.05) is 0 Å². The molecule has 0 bridgehead atoms. The maximum atomic E-state index is 10.5. The van der Waals surface area contributed by atoms with Gasteiger partial charge in [0.15, 0.2) is 0 Å². The molecule has 4 rings (SSSR count). The first-order chi connectivity index (χ1) is 10.7. The van der Waals surface area contributed by atoms with E-state index >= 15 is 0 Å². The first kappa shape index (κ1) is 16.1. The number of aliphatic hydroxyl groups excluding tert-OH is 2. The molecule has 23 heavy (non-hydrogen) atoms. The second-order valence-corrected chi connectivity index (χ2v) is 10.1. The Balaban J connectivity index is 1.73. The minimum absolute atomic E-state index is 0.0755. The van der Waals surface area contributed by atoms with Crippen LogP contribution in [0.4, 0.5) is 0 Å². The van der Waals surface area contributed by atoms with Crippen molar-refractivity contribution < 1.29 is 10.2 Å². The van der Waals surface area contributed by atoms with E-state index in [9.17, 15) is 10.2 Å². The summed E-state index contributed by atoms with van der Waals surface area (Å²) in [6.45, 7) is 9.32. The van der Waals surface area contributed by atoms with E-state index in [4.69, 9.17) is 0 Å². The second-order valence-electron chi connectivity index (χ2n) is 10.1. The fourth-order valence-electron chi connectivity index (χ4n) is 7.36. The quantitative estimate of drug-likeness (QED) is 0.654. The molecule has 0 aromatic heterocycles. The Morgan fingerprint density at radius 1 is 0.870 bits per heavy atom. The molecule has 4 aliphatic carbocycles. The van der Waals surface area contributed by atoms with E-state index < -0.39 is 0 Å². The van der Waals surface area contributed by atoms with Crippen molar-refractivity contribution in [1.29, 1.82) is 0 Å². The van der Waals surface area contributed by atoms with Gasteiger partial charge in [-0.3, -0.25) is 0 Å². The van der Waals surface area contributed by atoms with Crippen LogP contribution in [-0.2, 0) is 0 Å². The molecule has 4 aliphatic rings. The van der Waals surface area contributed by atoms with E-state index in [0.717, 1.165) is 31.1 Å². The summed E-state index contributed by atoms with van der Waals surface area (Å²) in [5.74, 6) is 2.18. The van der Waals surface area contributed by atoms with Crippen molar-refractivity contribution in [3.8, 4) is 0 Å². The highest BCUT2D eigenvalue weighted by Crippen LogP contribution is 2.66. The van der Waals surface area contributed by atoms with Crippen molar-refractivity contribution in [3.05, 3.63) is 11.6 Å². The summed E-state index contributed by atoms with van der Waals surface area (Å²) in [5, 5.41) is 21.1. The molecular weight excluding hydrogens is 284 g/mol. The average Bonchev–Trinajstić information content (AvgIpc) is 2.79. The van der Waals surface area contributed by atoms with Gasteiger partial charge < -0.3 is 10.2 Å². The predicted octanol–water partition coefficient (Wildman–Crippen LogP) is 4.31. The molecular formula is C21H34O2. The lowest BCUT2D eigenvalue weighted by Crippen LogP contribution is -2.54. The van der Waals surface area contributed by atoms with E-state index in [-0.39, 0.29) is 28.5 Å². The molecule has 0 aliphatic heterocycles. The number of hydrogen-bond donors (Lipinski definition) is 2. The van der Waals surface area contributed by atoms with Crippen LogP contribution in [0.5, 0.6) is 0 Å². The van der Waals surface area contributed by atoms with Gasteiger partial charge in [-0.2, -0.15) is 0 Å². The van der Waals surface area contributed by atoms with Crippen LogP contribution in [0.15, 0.2) is 11.6 Å². The Labute approximate surface area is 141 Å². The summed E-state index contributed by atoms with van der Waals surface area (Å²) in [4.78, 5) is 0. The highest BCUT2D eigenvalue weighted by atomic mass is 16.3. The van der Waals surface area contributed by atoms with Crippen LogP contribution in [0, 0.1) is 34.0 Å². The third kappa shape index (κ3) is 1.94. The number of hydrogen-bond acceptors (Lipinski definition) is 2. The third-order valence-electron chi connectivity index (χ3n) is 8.88. The van der Waals surface area contributed by atoms with Gasteiger partial charge in [0.05, 0.1) is 12.2 Å². The fraction of sp³-hybridized carbons (Fsp3) is 0.905. The molecule has 0 radical (unpaired) electrons. The van der Waals surface area contributed by atoms with Gasteiger partial charge in [-0.1, -0.05) is 39.3 Å². The highest BCUT2D eigenvalue weighted by molar-refractivity contribution is 5.31. The van der Waals surface area contributed by atoms with E-state index in [1.807, 2.05) is 0 Å². The average molecular weight is 319 g/mol. The van der Waals surface area contributed by atoms with Gasteiger partial charge in [0.2, 0.25) is 0 Å². The summed E-state index contributed by atoms with van der Waals surface area (Å²) >= 11 is 0. The third-order valence-corrected chi connectivity index (χ3v) is 8.88. The summed E-state index contributed by atoms with van der Waals surface area (Å²) < 4.78 is 0. The smallest absolute Gasteiger partial charge is 0.0628 e. The molecule has 7 unspecified atom stereocenters. The van der Waals surface area contributed by atoms with E-state index in [1.54, 1.807) is 0 Å². The summed E-state index contributed by atoms with van der Waals surface area (Å²) in [6, 6.07) is 0. The van der Waals surface area contributed by atoms with Crippen LogP contribution >= 0.6 is 0 Å². The van der Waals surface area contributed by atoms with Crippen molar-refractivity contribution in [2.24, 2.45) is 34.0 Å². The maximum Gasteiger partial charge on any atom is 0.0628 e. The zero-order valence-corrected chi connectivity index (χ0v) is 15.3. The molecule has 2 nitrogen and oxygen atoms in total. The lowest BCUT2D eigenvalue weighted by molar-refractivity contribution is -0.0870. The molecule has 3 fully saturated rings. The number of fused-ring (bicyclic) bond motifs is 5. The van der Waals surface area contributed by atoms with Crippen molar-refractivity contribution in [3.63, 3.8) is 0 Å². The SMILES string of the molecule is CC1(C)C2=CCC3C(CCC4(C)C(O)CCC34)C2(C)CCC1O. The highest BCUT2D eigenvalue weighted by Gasteiger charge is 2.60. The number of rotatable bonds is 0. The monoisotopic (exact) mass is 318 g/mol. The maximum absolute atomic E-state index is 10.5. The van der Waals surface area contributed by atoms with Gasteiger partial charge >= 0.3 is 0 Å². The van der Waals surface area contributed by atoms with Gasteiger partial charge in [-0.15, -0.1) is 0 Å². The Hall–Kier alpha value is -0.340. The normalized spacial score (nSPS) is 54.7. The predicted molar refractivity (Wildman–Crippen MR) is 92.9 cm³/mol. The molecule has 0 heterocycles. The molecule has 2 N–H and O–H groups in total. The Morgan fingerprint density at radius 2 is 1.61 bits per heavy atom. The molecule has 2 heteroatoms. The van der Waals surface area contributed by atoms with Gasteiger partial charge in [-0.25, -0.2) is 0 Å². The molecule has 0 aromatic rings. The van der Waals surface area contributed by atoms with Crippen LogP contribution in [-0.4, -0.2) is 22.4 Å². The largest absolute Gasteiger partial charge is 0.393 e. The second kappa shape index (κ2) is 4.85. The van der Waals surface area contributed by atoms with E-state index in [0.29, 0.717) is 5.92 Å². The van der Waals surface area contributed by atoms with Crippen molar-refractivity contribution >= 4 is 0 Å². The Bertz CT molecular complexity index is 536. The van der Waals surface area contributed by atoms with Crippen LogP contribution in [0.2, 0.25) is 0 Å². The molecule has 0 spiro atoms. The Morgan fingerprint density at radius 3 is 2.35 bits per heavy atom. The van der Waals surface area contributed by atoms with E-state index in [2.05, 4.69) is 33.8 Å². The number of allylic oxidation sites excluding steroid dienone is 1. The van der Waals surface area contributed by atoms with Crippen LogP contribution in [0.3, 0.4) is 0 Å². The summed E-state index contributed by atoms with van der Waals surface area (Å²) in [7, 11) is 0. The van der Waals surface area contributed by atoms with Crippen LogP contribution in [0.1, 0.15) is 72.6 Å². The minimum atomic E-state index is -0.194. The molecule has 0 aromatic carbocycles. The fourth-order valence-corrected chi connectivity index (χ4v) is 7.36. The molecule has 0 saturated heterocycles. The summed E-state index contributed by atoms with van der Waals surface area (Å²) in [5.41, 5.74) is 1.88. The minimum Gasteiger partial charge on any atom is -0.393 e. The van der Waals surface area contributed by atoms with Crippen LogP contribution in [0.25, 0.3) is 0 Å². The van der Waals surface area contributed by atoms with Gasteiger partial charge in [-0.05, 0) is 73.5 Å². The summed E-state index contributed by atoms with van der Waals surface area (Å²) in [6.07, 6.45) is 10.1. The molecule has 3 saturated carbocycles. The van der Waals surface area contributed by atoms with Gasteiger partial charge in [0.25, 0.3) is 0 Å². The van der Waals surface area contributed by atoms with Gasteiger partial charge in [0, 0.05) is 5.41 Å². The molecule has 7 atom stereocenters. The Kier molecular flexibility index (Phi) is 3.40. The standard InChI is InChI=1S/C21H34O2/c1-19(2)16-7-5-13-14-6-8-18(23)21(14,4)11-9-15(13)20(16,3)12-10-17(19)22/h7,13-15,17-18,22-23H,5-6,8-12H2,1-4H3. The van der Waals surface area contributed by atoms with E-state index in [1.165, 1.54) is 31.3 Å². The topological polar surface area (TPSA) is 40.5 Å². The zero-order chi connectivity index (χ0) is 16.6. The lowest BCUT2D eigenvalue weighted by atomic mass is 9.45. The number of aliphatic hydroxyl groups is 2. The van der Waals surface area contributed by atoms with Crippen molar-refractivity contribution in [2.45, 2.75) is 84.8 Å². The van der Waals surface area contributed by atoms with Crippen molar-refractivity contribution in [1.82, 2.24) is 0 Å². The molecule has 0 amide bonds.